The maximum Gasteiger partial charge on any atom is 0.192 e. The van der Waals surface area contributed by atoms with Crippen LogP contribution >= 0.6 is 0 Å². The number of nitrogens with zero attached hydrogens (tertiary/aromatic N) is 1. The molecule has 20 heavy (non-hydrogen) atoms. The van der Waals surface area contributed by atoms with E-state index in [4.69, 9.17) is 9.15 Å². The summed E-state index contributed by atoms with van der Waals surface area (Å²) in [6.07, 6.45) is 3.14. The van der Waals surface area contributed by atoms with Crippen LogP contribution < -0.4 is 5.32 Å². The fourth-order valence-corrected chi connectivity index (χ4v) is 2.87. The molecule has 4 heteroatoms. The Morgan fingerprint density at radius 1 is 1.45 bits per heavy atom. The Hall–Kier alpha value is -1.55. The van der Waals surface area contributed by atoms with Crippen LogP contribution in [0.3, 0.4) is 0 Å². The summed E-state index contributed by atoms with van der Waals surface area (Å²) in [7, 11) is 0. The molecule has 108 valence electrons. The first-order chi connectivity index (χ1) is 9.58. The number of oxazole rings is 1. The highest BCUT2D eigenvalue weighted by Crippen LogP contribution is 2.30. The molecule has 1 aromatic carbocycles. The summed E-state index contributed by atoms with van der Waals surface area (Å²) in [4.78, 5) is 4.38. The van der Waals surface area contributed by atoms with Crippen LogP contribution in [-0.2, 0) is 4.74 Å². The van der Waals surface area contributed by atoms with Crippen LogP contribution in [0.4, 0.5) is 5.69 Å². The highest BCUT2D eigenvalue weighted by atomic mass is 16.5. The van der Waals surface area contributed by atoms with E-state index in [1.165, 1.54) is 0 Å². The molecule has 1 aliphatic rings. The minimum atomic E-state index is 0.00446. The van der Waals surface area contributed by atoms with Crippen LogP contribution in [0.5, 0.6) is 0 Å². The van der Waals surface area contributed by atoms with Crippen LogP contribution in [0.15, 0.2) is 22.6 Å². The molecule has 0 bridgehead atoms. The SMILES string of the molecule is CCC1(C)CC(Nc2ccc3oc(C)nc3c2)CCO1. The van der Waals surface area contributed by atoms with Crippen molar-refractivity contribution < 1.29 is 9.15 Å². The molecule has 0 saturated carbocycles. The highest BCUT2D eigenvalue weighted by molar-refractivity contribution is 5.77. The van der Waals surface area contributed by atoms with Gasteiger partial charge in [0.2, 0.25) is 0 Å². The van der Waals surface area contributed by atoms with Crippen molar-refractivity contribution in [3.05, 3.63) is 24.1 Å². The smallest absolute Gasteiger partial charge is 0.192 e. The van der Waals surface area contributed by atoms with Crippen LogP contribution in [0.25, 0.3) is 11.1 Å². The molecule has 0 radical (unpaired) electrons. The van der Waals surface area contributed by atoms with Gasteiger partial charge in [0.1, 0.15) is 5.52 Å². The molecule has 0 amide bonds. The number of benzene rings is 1. The zero-order valence-electron chi connectivity index (χ0n) is 12.4. The monoisotopic (exact) mass is 274 g/mol. The summed E-state index contributed by atoms with van der Waals surface area (Å²) >= 11 is 0. The Labute approximate surface area is 119 Å². The number of ether oxygens (including phenoxy) is 1. The molecule has 4 nitrogen and oxygen atoms in total. The van der Waals surface area contributed by atoms with Gasteiger partial charge in [0.15, 0.2) is 11.5 Å². The summed E-state index contributed by atoms with van der Waals surface area (Å²) in [5.74, 6) is 0.710. The van der Waals surface area contributed by atoms with Crippen LogP contribution in [0.2, 0.25) is 0 Å². The first kappa shape index (κ1) is 13.4. The van der Waals surface area contributed by atoms with Gasteiger partial charge in [0, 0.05) is 25.3 Å². The topological polar surface area (TPSA) is 47.3 Å². The van der Waals surface area contributed by atoms with E-state index in [1.807, 2.05) is 13.0 Å². The zero-order chi connectivity index (χ0) is 14.2. The van der Waals surface area contributed by atoms with Gasteiger partial charge in [0.05, 0.1) is 5.60 Å². The molecule has 1 saturated heterocycles. The lowest BCUT2D eigenvalue weighted by Gasteiger charge is -2.38. The third kappa shape index (κ3) is 2.66. The Balaban J connectivity index is 1.75. The van der Waals surface area contributed by atoms with Crippen molar-refractivity contribution in [2.45, 2.75) is 51.7 Å². The standard InChI is InChI=1S/C16H22N2O2/c1-4-16(3)10-13(7-8-19-16)18-12-5-6-15-14(9-12)17-11(2)20-15/h5-6,9,13,18H,4,7-8,10H2,1-3H3. The van der Waals surface area contributed by atoms with Gasteiger partial charge in [-0.15, -0.1) is 0 Å². The Bertz CT molecular complexity index is 608. The van der Waals surface area contributed by atoms with E-state index in [1.54, 1.807) is 0 Å². The average Bonchev–Trinajstić information content (AvgIpc) is 2.78. The molecule has 1 fully saturated rings. The van der Waals surface area contributed by atoms with Gasteiger partial charge in [-0.25, -0.2) is 4.98 Å². The molecular formula is C16H22N2O2. The summed E-state index contributed by atoms with van der Waals surface area (Å²) in [6.45, 7) is 7.09. The van der Waals surface area contributed by atoms with Crippen molar-refractivity contribution in [1.82, 2.24) is 4.98 Å². The van der Waals surface area contributed by atoms with E-state index < -0.39 is 0 Å². The average molecular weight is 274 g/mol. The molecule has 1 aromatic heterocycles. The first-order valence-corrected chi connectivity index (χ1v) is 7.36. The van der Waals surface area contributed by atoms with Gasteiger partial charge >= 0.3 is 0 Å². The van der Waals surface area contributed by atoms with Gasteiger partial charge in [-0.2, -0.15) is 0 Å². The maximum absolute atomic E-state index is 5.89. The number of fused-ring (bicyclic) bond motifs is 1. The van der Waals surface area contributed by atoms with Crippen molar-refractivity contribution in [3.8, 4) is 0 Å². The van der Waals surface area contributed by atoms with E-state index in [9.17, 15) is 0 Å². The summed E-state index contributed by atoms with van der Waals surface area (Å²) < 4.78 is 11.4. The Kier molecular flexibility index (Phi) is 3.42. The molecule has 1 aliphatic heterocycles. The van der Waals surface area contributed by atoms with Crippen molar-refractivity contribution in [2.24, 2.45) is 0 Å². The van der Waals surface area contributed by atoms with E-state index in [0.29, 0.717) is 11.9 Å². The third-order valence-corrected chi connectivity index (χ3v) is 4.21. The minimum absolute atomic E-state index is 0.00446. The van der Waals surface area contributed by atoms with E-state index in [-0.39, 0.29) is 5.60 Å². The molecule has 0 aliphatic carbocycles. The number of aryl methyl sites for hydroxylation is 1. The van der Waals surface area contributed by atoms with Crippen molar-refractivity contribution in [1.29, 1.82) is 0 Å². The van der Waals surface area contributed by atoms with Gasteiger partial charge in [-0.05, 0) is 44.4 Å². The number of nitrogens with one attached hydrogen (secondary N) is 1. The van der Waals surface area contributed by atoms with Crippen LogP contribution in [0, 0.1) is 6.92 Å². The number of anilines is 1. The van der Waals surface area contributed by atoms with E-state index in [0.717, 1.165) is 42.7 Å². The second-order valence-electron chi connectivity index (χ2n) is 5.90. The van der Waals surface area contributed by atoms with Crippen molar-refractivity contribution in [2.75, 3.05) is 11.9 Å². The van der Waals surface area contributed by atoms with Crippen LogP contribution in [0.1, 0.15) is 39.0 Å². The predicted octanol–water partition coefficient (Wildman–Crippen LogP) is 3.90. The predicted molar refractivity (Wildman–Crippen MR) is 80.0 cm³/mol. The normalized spacial score (nSPS) is 26.9. The van der Waals surface area contributed by atoms with Gasteiger partial charge < -0.3 is 14.5 Å². The zero-order valence-corrected chi connectivity index (χ0v) is 12.4. The summed E-state index contributed by atoms with van der Waals surface area (Å²) in [6, 6.07) is 6.56. The van der Waals surface area contributed by atoms with Crippen molar-refractivity contribution in [3.63, 3.8) is 0 Å². The molecule has 2 atom stereocenters. The highest BCUT2D eigenvalue weighted by Gasteiger charge is 2.31. The molecular weight excluding hydrogens is 252 g/mol. The Morgan fingerprint density at radius 2 is 2.30 bits per heavy atom. The lowest BCUT2D eigenvalue weighted by molar-refractivity contribution is -0.0708. The number of aromatic nitrogens is 1. The van der Waals surface area contributed by atoms with Gasteiger partial charge in [-0.1, -0.05) is 6.92 Å². The summed E-state index contributed by atoms with van der Waals surface area (Å²) in [5, 5.41) is 3.61. The lowest BCUT2D eigenvalue weighted by Crippen LogP contribution is -2.41. The molecule has 3 rings (SSSR count). The summed E-state index contributed by atoms with van der Waals surface area (Å²) in [5.41, 5.74) is 2.87. The van der Waals surface area contributed by atoms with Gasteiger partial charge in [-0.3, -0.25) is 0 Å². The Morgan fingerprint density at radius 3 is 3.10 bits per heavy atom. The second-order valence-corrected chi connectivity index (χ2v) is 5.90. The number of hydrogen-bond donors (Lipinski definition) is 1. The number of hydrogen-bond acceptors (Lipinski definition) is 4. The second kappa shape index (κ2) is 5.09. The van der Waals surface area contributed by atoms with E-state index >= 15 is 0 Å². The molecule has 0 spiro atoms. The quantitative estimate of drug-likeness (QED) is 0.922. The lowest BCUT2D eigenvalue weighted by atomic mass is 9.90. The first-order valence-electron chi connectivity index (χ1n) is 7.36. The molecule has 1 N–H and O–H groups in total. The van der Waals surface area contributed by atoms with Gasteiger partial charge in [0.25, 0.3) is 0 Å². The third-order valence-electron chi connectivity index (χ3n) is 4.21. The maximum atomic E-state index is 5.89. The fourth-order valence-electron chi connectivity index (χ4n) is 2.87. The number of rotatable bonds is 3. The fraction of sp³-hybridized carbons (Fsp3) is 0.562. The largest absolute Gasteiger partial charge is 0.441 e. The molecule has 2 heterocycles. The van der Waals surface area contributed by atoms with Crippen LogP contribution in [-0.4, -0.2) is 23.2 Å². The van der Waals surface area contributed by atoms with E-state index in [2.05, 4.69) is 36.3 Å². The minimum Gasteiger partial charge on any atom is -0.441 e. The molecule has 2 aromatic rings. The molecule has 2 unspecified atom stereocenters. The van der Waals surface area contributed by atoms with Crippen molar-refractivity contribution >= 4 is 16.8 Å².